The number of likely N-dealkylation sites (N-methyl/N-ethyl adjacent to an activating group) is 1. The molecule has 6 heteroatoms. The molecule has 1 atom stereocenters. The molecule has 6 nitrogen and oxygen atoms in total. The number of rotatable bonds is 5. The van der Waals surface area contributed by atoms with Crippen molar-refractivity contribution < 1.29 is 0 Å². The highest BCUT2D eigenvalue weighted by atomic mass is 15.4. The molecule has 0 saturated carbocycles. The van der Waals surface area contributed by atoms with Gasteiger partial charge in [-0.1, -0.05) is 5.21 Å². The van der Waals surface area contributed by atoms with Crippen LogP contribution in [0.1, 0.15) is 33.4 Å². The lowest BCUT2D eigenvalue weighted by molar-refractivity contribution is 0.101. The van der Waals surface area contributed by atoms with Gasteiger partial charge in [0.2, 0.25) is 0 Å². The van der Waals surface area contributed by atoms with Gasteiger partial charge in [0, 0.05) is 50.5 Å². The minimum absolute atomic E-state index is 0.111. The molecule has 0 bridgehead atoms. The van der Waals surface area contributed by atoms with Gasteiger partial charge in [0.1, 0.15) is 0 Å². The third-order valence-electron chi connectivity index (χ3n) is 4.08. The Hall–Kier alpha value is -0.980. The van der Waals surface area contributed by atoms with Crippen molar-refractivity contribution in [3.63, 3.8) is 0 Å². The van der Waals surface area contributed by atoms with E-state index in [1.807, 2.05) is 4.68 Å². The van der Waals surface area contributed by atoms with Crippen LogP contribution < -0.4 is 5.32 Å². The zero-order valence-corrected chi connectivity index (χ0v) is 14.1. The van der Waals surface area contributed by atoms with Gasteiger partial charge in [-0.05, 0) is 34.7 Å². The molecule has 0 spiro atoms. The SMILES string of the molecule is CC1CN(CCn2cc(CNC(C)(C)C)nn2)CCN1C. The maximum Gasteiger partial charge on any atom is 0.0965 e. The molecule has 1 fully saturated rings. The third kappa shape index (κ3) is 5.37. The first-order valence-corrected chi connectivity index (χ1v) is 7.90. The Balaban J connectivity index is 1.75. The van der Waals surface area contributed by atoms with E-state index in [4.69, 9.17) is 0 Å². The second-order valence-corrected chi connectivity index (χ2v) is 7.21. The van der Waals surface area contributed by atoms with Crippen LogP contribution in [0, 0.1) is 0 Å². The van der Waals surface area contributed by atoms with Crippen LogP contribution in [-0.4, -0.2) is 69.6 Å². The Bertz CT molecular complexity index is 436. The summed E-state index contributed by atoms with van der Waals surface area (Å²) >= 11 is 0. The quantitative estimate of drug-likeness (QED) is 0.870. The molecule has 0 aliphatic carbocycles. The molecule has 1 unspecified atom stereocenters. The van der Waals surface area contributed by atoms with Crippen LogP contribution in [0.15, 0.2) is 6.20 Å². The highest BCUT2D eigenvalue weighted by Crippen LogP contribution is 2.07. The molecule has 120 valence electrons. The van der Waals surface area contributed by atoms with Gasteiger partial charge in [0.15, 0.2) is 0 Å². The van der Waals surface area contributed by atoms with Gasteiger partial charge in [-0.15, -0.1) is 5.10 Å². The molecule has 0 amide bonds. The molecule has 1 aliphatic heterocycles. The number of hydrogen-bond acceptors (Lipinski definition) is 5. The lowest BCUT2D eigenvalue weighted by atomic mass is 10.1. The Morgan fingerprint density at radius 3 is 2.71 bits per heavy atom. The van der Waals surface area contributed by atoms with E-state index in [2.05, 4.69) is 66.4 Å². The molecule has 1 aromatic heterocycles. The highest BCUT2D eigenvalue weighted by molar-refractivity contribution is 4.93. The maximum absolute atomic E-state index is 4.23. The number of nitrogens with one attached hydrogen (secondary N) is 1. The van der Waals surface area contributed by atoms with E-state index in [1.165, 1.54) is 0 Å². The van der Waals surface area contributed by atoms with E-state index in [9.17, 15) is 0 Å². The second kappa shape index (κ2) is 6.85. The lowest BCUT2D eigenvalue weighted by Gasteiger charge is -2.37. The normalized spacial score (nSPS) is 21.9. The van der Waals surface area contributed by atoms with Gasteiger partial charge in [0.25, 0.3) is 0 Å². The molecule has 2 heterocycles. The van der Waals surface area contributed by atoms with Crippen LogP contribution in [0.4, 0.5) is 0 Å². The first kappa shape index (κ1) is 16.4. The molecular weight excluding hydrogens is 264 g/mol. The monoisotopic (exact) mass is 294 g/mol. The van der Waals surface area contributed by atoms with Crippen LogP contribution in [-0.2, 0) is 13.1 Å². The van der Waals surface area contributed by atoms with Gasteiger partial charge in [-0.2, -0.15) is 0 Å². The molecule has 1 aliphatic rings. The molecular formula is C15H30N6. The van der Waals surface area contributed by atoms with Crippen LogP contribution >= 0.6 is 0 Å². The van der Waals surface area contributed by atoms with Gasteiger partial charge in [0.05, 0.1) is 12.2 Å². The summed E-state index contributed by atoms with van der Waals surface area (Å²) in [5.41, 5.74) is 1.12. The van der Waals surface area contributed by atoms with Crippen molar-refractivity contribution in [3.8, 4) is 0 Å². The molecule has 2 rings (SSSR count). The van der Waals surface area contributed by atoms with E-state index in [0.717, 1.165) is 45.0 Å². The first-order chi connectivity index (χ1) is 9.83. The molecule has 1 aromatic rings. The van der Waals surface area contributed by atoms with Crippen LogP contribution in [0.3, 0.4) is 0 Å². The topological polar surface area (TPSA) is 49.2 Å². The number of piperazine rings is 1. The predicted octanol–water partition coefficient (Wildman–Crippen LogP) is 0.802. The summed E-state index contributed by atoms with van der Waals surface area (Å²) in [5.74, 6) is 0. The summed E-state index contributed by atoms with van der Waals surface area (Å²) in [4.78, 5) is 4.93. The Kier molecular flexibility index (Phi) is 5.35. The summed E-state index contributed by atoms with van der Waals surface area (Å²) in [6, 6.07) is 0.640. The Morgan fingerprint density at radius 2 is 2.05 bits per heavy atom. The Labute approximate surface area is 128 Å². The fourth-order valence-corrected chi connectivity index (χ4v) is 2.46. The number of aromatic nitrogens is 3. The average molecular weight is 294 g/mol. The molecule has 1 N–H and O–H groups in total. The standard InChI is InChI=1S/C15H30N6/c1-13-11-20(7-6-19(13)5)8-9-21-12-14(17-18-21)10-16-15(2,3)4/h12-13,16H,6-11H2,1-5H3. The van der Waals surface area contributed by atoms with Crippen molar-refractivity contribution in [1.82, 2.24) is 30.1 Å². The van der Waals surface area contributed by atoms with Crippen LogP contribution in [0.5, 0.6) is 0 Å². The highest BCUT2D eigenvalue weighted by Gasteiger charge is 2.20. The van der Waals surface area contributed by atoms with Crippen molar-refractivity contribution in [2.75, 3.05) is 33.2 Å². The zero-order valence-electron chi connectivity index (χ0n) is 14.1. The average Bonchev–Trinajstić information content (AvgIpc) is 2.85. The fraction of sp³-hybridized carbons (Fsp3) is 0.867. The summed E-state index contributed by atoms with van der Waals surface area (Å²) in [7, 11) is 2.20. The predicted molar refractivity (Wildman–Crippen MR) is 85.1 cm³/mol. The minimum Gasteiger partial charge on any atom is -0.306 e. The van der Waals surface area contributed by atoms with E-state index >= 15 is 0 Å². The van der Waals surface area contributed by atoms with E-state index in [-0.39, 0.29) is 5.54 Å². The molecule has 0 radical (unpaired) electrons. The van der Waals surface area contributed by atoms with Gasteiger partial charge >= 0.3 is 0 Å². The zero-order chi connectivity index (χ0) is 15.5. The smallest absolute Gasteiger partial charge is 0.0965 e. The van der Waals surface area contributed by atoms with Gasteiger partial charge < -0.3 is 10.2 Å². The van der Waals surface area contributed by atoms with E-state index in [1.54, 1.807) is 0 Å². The van der Waals surface area contributed by atoms with Crippen molar-refractivity contribution >= 4 is 0 Å². The summed E-state index contributed by atoms with van der Waals surface area (Å²) in [5, 5.41) is 11.9. The van der Waals surface area contributed by atoms with Gasteiger partial charge in [-0.25, -0.2) is 0 Å². The number of nitrogens with zero attached hydrogens (tertiary/aromatic N) is 5. The summed E-state index contributed by atoms with van der Waals surface area (Å²) in [6.45, 7) is 14.9. The van der Waals surface area contributed by atoms with Crippen LogP contribution in [0.2, 0.25) is 0 Å². The van der Waals surface area contributed by atoms with Crippen molar-refractivity contribution in [2.24, 2.45) is 0 Å². The fourth-order valence-electron chi connectivity index (χ4n) is 2.46. The third-order valence-corrected chi connectivity index (χ3v) is 4.08. The lowest BCUT2D eigenvalue weighted by Crippen LogP contribution is -2.50. The van der Waals surface area contributed by atoms with Crippen LogP contribution in [0.25, 0.3) is 0 Å². The summed E-state index contributed by atoms with van der Waals surface area (Å²) in [6.07, 6.45) is 2.05. The van der Waals surface area contributed by atoms with Crippen molar-refractivity contribution in [1.29, 1.82) is 0 Å². The number of hydrogen-bond donors (Lipinski definition) is 1. The second-order valence-electron chi connectivity index (χ2n) is 7.21. The first-order valence-electron chi connectivity index (χ1n) is 7.90. The molecule has 1 saturated heterocycles. The maximum atomic E-state index is 4.23. The van der Waals surface area contributed by atoms with Crippen molar-refractivity contribution in [3.05, 3.63) is 11.9 Å². The van der Waals surface area contributed by atoms with E-state index in [0.29, 0.717) is 6.04 Å². The van der Waals surface area contributed by atoms with Crippen molar-refractivity contribution in [2.45, 2.75) is 52.4 Å². The van der Waals surface area contributed by atoms with Gasteiger partial charge in [-0.3, -0.25) is 9.58 Å². The minimum atomic E-state index is 0.111. The molecule has 0 aromatic carbocycles. The molecule has 21 heavy (non-hydrogen) atoms. The largest absolute Gasteiger partial charge is 0.306 e. The Morgan fingerprint density at radius 1 is 1.29 bits per heavy atom. The van der Waals surface area contributed by atoms with E-state index < -0.39 is 0 Å². The summed E-state index contributed by atoms with van der Waals surface area (Å²) < 4.78 is 1.96.